The number of carbonyl (C=O) groups excluding carboxylic acids is 1. The van der Waals surface area contributed by atoms with Crippen LogP contribution >= 0.6 is 0 Å². The molecule has 0 saturated heterocycles. The number of hydrogen-bond acceptors (Lipinski definition) is 3. The Morgan fingerprint density at radius 2 is 2.44 bits per heavy atom. The molecule has 86 valence electrons. The summed E-state index contributed by atoms with van der Waals surface area (Å²) < 4.78 is 1.71. The summed E-state index contributed by atoms with van der Waals surface area (Å²) in [6.45, 7) is 1.45. The molecule has 2 rings (SSSR count). The summed E-state index contributed by atoms with van der Waals surface area (Å²) in [7, 11) is 3.94. The largest absolute Gasteiger partial charge is 0.351 e. The molecule has 0 bridgehead atoms. The Hall–Kier alpha value is -1.82. The van der Waals surface area contributed by atoms with E-state index < -0.39 is 0 Å². The van der Waals surface area contributed by atoms with Crippen LogP contribution in [0, 0.1) is 0 Å². The number of likely N-dealkylation sites (N-methyl/N-ethyl adjacent to an activating group) is 1. The minimum atomic E-state index is -0.0979. The highest BCUT2D eigenvalue weighted by Gasteiger charge is 2.12. The maximum absolute atomic E-state index is 11.8. The van der Waals surface area contributed by atoms with Crippen molar-refractivity contribution in [2.45, 2.75) is 0 Å². The first-order valence-electron chi connectivity index (χ1n) is 5.12. The number of aromatic amines is 1. The van der Waals surface area contributed by atoms with Crippen molar-refractivity contribution >= 4 is 11.6 Å². The first-order chi connectivity index (χ1) is 7.68. The van der Waals surface area contributed by atoms with E-state index in [-0.39, 0.29) is 5.91 Å². The van der Waals surface area contributed by atoms with Crippen molar-refractivity contribution in [2.24, 2.45) is 0 Å². The number of nitrogens with one attached hydrogen (secondary N) is 2. The number of amides is 1. The fourth-order valence-electron chi connectivity index (χ4n) is 1.46. The molecule has 0 aliphatic carbocycles. The summed E-state index contributed by atoms with van der Waals surface area (Å²) in [6.07, 6.45) is 5.09. The number of aromatic nitrogens is 3. The highest BCUT2D eigenvalue weighted by Crippen LogP contribution is 2.06. The highest BCUT2D eigenvalue weighted by molar-refractivity contribution is 5.99. The maximum Gasteiger partial charge on any atom is 0.256 e. The van der Waals surface area contributed by atoms with Gasteiger partial charge in [-0.15, -0.1) is 0 Å². The molecule has 2 aromatic rings. The van der Waals surface area contributed by atoms with E-state index in [1.807, 2.05) is 19.0 Å². The second-order valence-electron chi connectivity index (χ2n) is 3.87. The molecule has 2 heterocycles. The van der Waals surface area contributed by atoms with Crippen molar-refractivity contribution in [3.05, 3.63) is 24.2 Å². The van der Waals surface area contributed by atoms with E-state index in [0.717, 1.165) is 6.54 Å². The Bertz CT molecular complexity index is 484. The molecular weight excluding hydrogens is 206 g/mol. The van der Waals surface area contributed by atoms with Crippen molar-refractivity contribution < 1.29 is 4.79 Å². The molecule has 0 fully saturated rings. The second kappa shape index (κ2) is 4.36. The normalized spacial score (nSPS) is 11.2. The summed E-state index contributed by atoms with van der Waals surface area (Å²) in [5, 5.41) is 5.78. The highest BCUT2D eigenvalue weighted by atomic mass is 16.1. The minimum absolute atomic E-state index is 0.0979. The third-order valence-corrected chi connectivity index (χ3v) is 2.32. The average molecular weight is 221 g/mol. The Morgan fingerprint density at radius 3 is 3.19 bits per heavy atom. The predicted octanol–water partition coefficient (Wildman–Crippen LogP) is -0.0462. The zero-order chi connectivity index (χ0) is 11.5. The van der Waals surface area contributed by atoms with Crippen LogP contribution in [0.5, 0.6) is 0 Å². The summed E-state index contributed by atoms with van der Waals surface area (Å²) in [5.41, 5.74) is 1.23. The lowest BCUT2D eigenvalue weighted by Crippen LogP contribution is -2.31. The van der Waals surface area contributed by atoms with Gasteiger partial charge in [0.2, 0.25) is 0 Å². The van der Waals surface area contributed by atoms with Gasteiger partial charge < -0.3 is 10.2 Å². The van der Waals surface area contributed by atoms with Crippen LogP contribution in [-0.2, 0) is 0 Å². The van der Waals surface area contributed by atoms with Crippen LogP contribution in [0.1, 0.15) is 10.4 Å². The number of rotatable bonds is 4. The first-order valence-corrected chi connectivity index (χ1v) is 5.12. The zero-order valence-electron chi connectivity index (χ0n) is 9.40. The average Bonchev–Trinajstić information content (AvgIpc) is 2.76. The fraction of sp³-hybridized carbons (Fsp3) is 0.400. The van der Waals surface area contributed by atoms with Crippen LogP contribution < -0.4 is 5.32 Å². The third kappa shape index (κ3) is 2.06. The summed E-state index contributed by atoms with van der Waals surface area (Å²) in [5.74, 6) is -0.0979. The predicted molar refractivity (Wildman–Crippen MR) is 60.4 cm³/mol. The van der Waals surface area contributed by atoms with Gasteiger partial charge in [0.05, 0.1) is 0 Å². The molecule has 1 amide bonds. The first kappa shape index (κ1) is 10.7. The van der Waals surface area contributed by atoms with Crippen molar-refractivity contribution in [3.8, 4) is 0 Å². The Labute approximate surface area is 93.2 Å². The van der Waals surface area contributed by atoms with E-state index >= 15 is 0 Å². The van der Waals surface area contributed by atoms with Crippen LogP contribution in [0.25, 0.3) is 5.65 Å². The van der Waals surface area contributed by atoms with Crippen molar-refractivity contribution in [2.75, 3.05) is 27.2 Å². The molecule has 0 saturated carbocycles. The van der Waals surface area contributed by atoms with Crippen LogP contribution in [0.15, 0.2) is 18.6 Å². The molecule has 6 nitrogen and oxygen atoms in total. The molecule has 2 aromatic heterocycles. The third-order valence-electron chi connectivity index (χ3n) is 2.32. The molecule has 0 atom stereocenters. The van der Waals surface area contributed by atoms with E-state index in [1.54, 1.807) is 23.1 Å². The Balaban J connectivity index is 2.02. The molecule has 0 aliphatic rings. The summed E-state index contributed by atoms with van der Waals surface area (Å²) >= 11 is 0. The maximum atomic E-state index is 11.8. The number of imidazole rings is 1. The molecule has 0 unspecified atom stereocenters. The van der Waals surface area contributed by atoms with Gasteiger partial charge in [-0.05, 0) is 14.1 Å². The summed E-state index contributed by atoms with van der Waals surface area (Å²) in [6, 6.07) is 0. The molecule has 0 aromatic carbocycles. The molecule has 6 heteroatoms. The van der Waals surface area contributed by atoms with E-state index in [0.29, 0.717) is 17.8 Å². The van der Waals surface area contributed by atoms with Crippen LogP contribution in [0.2, 0.25) is 0 Å². The van der Waals surface area contributed by atoms with Gasteiger partial charge in [0.25, 0.3) is 5.91 Å². The standard InChI is InChI=1S/C10H15N5O/c1-14(2)5-3-12-10(16)8-7-13-15-6-4-11-9(8)15/h4,6-7,13H,3,5H2,1-2H3,(H,12,16). The smallest absolute Gasteiger partial charge is 0.256 e. The van der Waals surface area contributed by atoms with E-state index in [2.05, 4.69) is 15.4 Å². The van der Waals surface area contributed by atoms with Crippen LogP contribution in [0.3, 0.4) is 0 Å². The molecule has 0 radical (unpaired) electrons. The summed E-state index contributed by atoms with van der Waals surface area (Å²) in [4.78, 5) is 17.9. The van der Waals surface area contributed by atoms with Crippen molar-refractivity contribution in [3.63, 3.8) is 0 Å². The second-order valence-corrected chi connectivity index (χ2v) is 3.87. The van der Waals surface area contributed by atoms with Gasteiger partial charge in [0.15, 0.2) is 5.65 Å². The zero-order valence-corrected chi connectivity index (χ0v) is 9.40. The Kier molecular flexibility index (Phi) is 2.91. The molecule has 0 aliphatic heterocycles. The minimum Gasteiger partial charge on any atom is -0.351 e. The monoisotopic (exact) mass is 221 g/mol. The van der Waals surface area contributed by atoms with Crippen LogP contribution in [0.4, 0.5) is 0 Å². The SMILES string of the molecule is CN(C)CCNC(=O)c1c[nH]n2ccnc12. The number of nitrogens with zero attached hydrogens (tertiary/aromatic N) is 3. The quantitative estimate of drug-likeness (QED) is 0.761. The number of hydrogen-bond donors (Lipinski definition) is 2. The van der Waals surface area contributed by atoms with Gasteiger partial charge in [-0.2, -0.15) is 0 Å². The topological polar surface area (TPSA) is 65.4 Å². The number of fused-ring (bicyclic) bond motifs is 1. The Morgan fingerprint density at radius 1 is 1.62 bits per heavy atom. The van der Waals surface area contributed by atoms with E-state index in [1.165, 1.54) is 0 Å². The van der Waals surface area contributed by atoms with Gasteiger partial charge in [-0.1, -0.05) is 0 Å². The van der Waals surface area contributed by atoms with Gasteiger partial charge in [0, 0.05) is 31.7 Å². The van der Waals surface area contributed by atoms with Crippen molar-refractivity contribution in [1.29, 1.82) is 0 Å². The van der Waals surface area contributed by atoms with Gasteiger partial charge in [0.1, 0.15) is 5.56 Å². The van der Waals surface area contributed by atoms with Gasteiger partial charge in [-0.3, -0.25) is 9.89 Å². The lowest BCUT2D eigenvalue weighted by Gasteiger charge is -2.09. The fourth-order valence-corrected chi connectivity index (χ4v) is 1.46. The molecule has 16 heavy (non-hydrogen) atoms. The molecule has 2 N–H and O–H groups in total. The molecular formula is C10H15N5O. The molecule has 0 spiro atoms. The lowest BCUT2D eigenvalue weighted by atomic mass is 10.3. The number of H-pyrrole nitrogens is 1. The number of carbonyl (C=O) groups is 1. The van der Waals surface area contributed by atoms with E-state index in [4.69, 9.17) is 0 Å². The van der Waals surface area contributed by atoms with Gasteiger partial charge >= 0.3 is 0 Å². The lowest BCUT2D eigenvalue weighted by molar-refractivity contribution is 0.0952. The van der Waals surface area contributed by atoms with Gasteiger partial charge in [-0.25, -0.2) is 9.50 Å². The van der Waals surface area contributed by atoms with Crippen molar-refractivity contribution in [1.82, 2.24) is 24.8 Å². The van der Waals surface area contributed by atoms with E-state index in [9.17, 15) is 4.79 Å². The van der Waals surface area contributed by atoms with Crippen LogP contribution in [-0.4, -0.2) is 52.6 Å².